The second-order valence-electron chi connectivity index (χ2n) is 2.61. The molecule has 0 amide bonds. The Balaban J connectivity index is 2.86. The molecular formula is C8H5ClN4. The second kappa shape index (κ2) is 2.71. The molecule has 4 nitrogen and oxygen atoms in total. The molecule has 2 rings (SSSR count). The lowest BCUT2D eigenvalue weighted by atomic mass is 10.3. The minimum atomic E-state index is 0.225. The van der Waals surface area contributed by atoms with Crippen LogP contribution in [-0.4, -0.2) is 14.8 Å². The second-order valence-corrected chi connectivity index (χ2v) is 2.97. The molecule has 2 heterocycles. The smallest absolute Gasteiger partial charge is 0.147 e. The fourth-order valence-electron chi connectivity index (χ4n) is 1.13. The molecule has 0 aliphatic heterocycles. The number of aromatic nitrogens is 3. The van der Waals surface area contributed by atoms with Gasteiger partial charge in [-0.2, -0.15) is 10.4 Å². The molecule has 0 aromatic carbocycles. The molecule has 0 aliphatic rings. The normalized spacial score (nSPS) is 10.2. The van der Waals surface area contributed by atoms with Crippen LogP contribution in [0.5, 0.6) is 0 Å². The average Bonchev–Trinajstić information content (AvgIpc) is 2.46. The average molecular weight is 193 g/mol. The van der Waals surface area contributed by atoms with Crippen LogP contribution < -0.4 is 0 Å². The van der Waals surface area contributed by atoms with Crippen molar-refractivity contribution in [2.24, 2.45) is 7.05 Å². The van der Waals surface area contributed by atoms with Crippen molar-refractivity contribution < 1.29 is 0 Å². The lowest BCUT2D eigenvalue weighted by molar-refractivity contribution is 0.797. The molecule has 5 heteroatoms. The van der Waals surface area contributed by atoms with Gasteiger partial charge < -0.3 is 0 Å². The topological polar surface area (TPSA) is 54.5 Å². The molecule has 0 fully saturated rings. The summed E-state index contributed by atoms with van der Waals surface area (Å²) in [5.41, 5.74) is 1.88. The van der Waals surface area contributed by atoms with Gasteiger partial charge in [-0.25, -0.2) is 4.98 Å². The van der Waals surface area contributed by atoms with Crippen LogP contribution in [0.3, 0.4) is 0 Å². The zero-order valence-corrected chi connectivity index (χ0v) is 7.58. The molecule has 0 atom stereocenters. The molecule has 64 valence electrons. The van der Waals surface area contributed by atoms with E-state index < -0.39 is 0 Å². The van der Waals surface area contributed by atoms with Gasteiger partial charge in [0, 0.05) is 7.05 Å². The highest BCUT2D eigenvalue weighted by molar-refractivity contribution is 6.30. The number of halogens is 1. The molecule has 0 saturated carbocycles. The quantitative estimate of drug-likeness (QED) is 0.595. The van der Waals surface area contributed by atoms with E-state index in [0.717, 1.165) is 5.52 Å². The third-order valence-corrected chi connectivity index (χ3v) is 2.09. The third kappa shape index (κ3) is 1.14. The summed E-state index contributed by atoms with van der Waals surface area (Å²) in [5, 5.41) is 12.9. The Morgan fingerprint density at radius 3 is 3.08 bits per heavy atom. The molecule has 0 radical (unpaired) electrons. The van der Waals surface area contributed by atoms with Crippen molar-refractivity contribution in [2.75, 3.05) is 0 Å². The molecule has 2 aromatic rings. The minimum Gasteiger partial charge on any atom is -0.266 e. The highest BCUT2D eigenvalue weighted by atomic mass is 35.5. The van der Waals surface area contributed by atoms with Crippen LogP contribution >= 0.6 is 11.6 Å². The SMILES string of the molecule is Cn1ncc2nc(Cl)c(C#N)cc21. The van der Waals surface area contributed by atoms with Crippen LogP contribution in [0.4, 0.5) is 0 Å². The number of hydrogen-bond acceptors (Lipinski definition) is 3. The Morgan fingerprint density at radius 1 is 1.62 bits per heavy atom. The van der Waals surface area contributed by atoms with Crippen molar-refractivity contribution >= 4 is 22.6 Å². The summed E-state index contributed by atoms with van der Waals surface area (Å²) in [6.07, 6.45) is 1.61. The molecule has 0 unspecified atom stereocenters. The van der Waals surface area contributed by atoms with Crippen molar-refractivity contribution in [2.45, 2.75) is 0 Å². The third-order valence-electron chi connectivity index (χ3n) is 1.81. The van der Waals surface area contributed by atoms with Gasteiger partial charge in [-0.3, -0.25) is 4.68 Å². The first-order valence-corrected chi connectivity index (χ1v) is 3.98. The maximum Gasteiger partial charge on any atom is 0.147 e. The summed E-state index contributed by atoms with van der Waals surface area (Å²) in [7, 11) is 1.79. The predicted molar refractivity (Wildman–Crippen MR) is 48.2 cm³/mol. The highest BCUT2D eigenvalue weighted by Gasteiger charge is 2.06. The van der Waals surface area contributed by atoms with E-state index in [0.29, 0.717) is 11.1 Å². The van der Waals surface area contributed by atoms with Crippen LogP contribution in [0.1, 0.15) is 5.56 Å². The molecule has 0 saturated heterocycles. The van der Waals surface area contributed by atoms with Gasteiger partial charge >= 0.3 is 0 Å². The summed E-state index contributed by atoms with van der Waals surface area (Å²) in [5.74, 6) is 0. The zero-order valence-electron chi connectivity index (χ0n) is 6.82. The van der Waals surface area contributed by atoms with Gasteiger partial charge in [-0.15, -0.1) is 0 Å². The number of rotatable bonds is 0. The van der Waals surface area contributed by atoms with Gasteiger partial charge in [-0.1, -0.05) is 11.6 Å². The fourth-order valence-corrected chi connectivity index (χ4v) is 1.32. The van der Waals surface area contributed by atoms with Crippen molar-refractivity contribution in [1.82, 2.24) is 14.8 Å². The van der Waals surface area contributed by atoms with E-state index in [1.165, 1.54) is 0 Å². The maximum atomic E-state index is 8.70. The van der Waals surface area contributed by atoms with Crippen LogP contribution in [-0.2, 0) is 7.05 Å². The van der Waals surface area contributed by atoms with E-state index in [1.807, 2.05) is 6.07 Å². The lowest BCUT2D eigenvalue weighted by Gasteiger charge is -1.95. The monoisotopic (exact) mass is 192 g/mol. The van der Waals surface area contributed by atoms with Crippen molar-refractivity contribution in [1.29, 1.82) is 5.26 Å². The van der Waals surface area contributed by atoms with E-state index in [-0.39, 0.29) is 5.15 Å². The van der Waals surface area contributed by atoms with E-state index >= 15 is 0 Å². The molecular weight excluding hydrogens is 188 g/mol. The Kier molecular flexibility index (Phi) is 1.67. The number of fused-ring (bicyclic) bond motifs is 1. The van der Waals surface area contributed by atoms with Gasteiger partial charge in [0.05, 0.1) is 17.3 Å². The van der Waals surface area contributed by atoms with Gasteiger partial charge in [-0.05, 0) is 6.07 Å². The predicted octanol–water partition coefficient (Wildman–Crippen LogP) is 1.49. The molecule has 13 heavy (non-hydrogen) atoms. The summed E-state index contributed by atoms with van der Waals surface area (Å²) in [4.78, 5) is 4.03. The molecule has 2 aromatic heterocycles. The Morgan fingerprint density at radius 2 is 2.38 bits per heavy atom. The Bertz CT molecular complexity index is 509. The van der Waals surface area contributed by atoms with Crippen molar-refractivity contribution in [3.8, 4) is 6.07 Å². The summed E-state index contributed by atoms with van der Waals surface area (Å²) in [6.45, 7) is 0. The summed E-state index contributed by atoms with van der Waals surface area (Å²) < 4.78 is 1.65. The summed E-state index contributed by atoms with van der Waals surface area (Å²) in [6, 6.07) is 3.65. The first kappa shape index (κ1) is 8.02. The number of nitrogens with zero attached hydrogens (tertiary/aromatic N) is 4. The van der Waals surface area contributed by atoms with E-state index in [2.05, 4.69) is 10.1 Å². The van der Waals surface area contributed by atoms with Crippen LogP contribution in [0.25, 0.3) is 11.0 Å². The Labute approximate surface area is 79.4 Å². The number of aryl methyl sites for hydroxylation is 1. The van der Waals surface area contributed by atoms with Crippen LogP contribution in [0.2, 0.25) is 5.15 Å². The maximum absolute atomic E-state index is 8.70. The van der Waals surface area contributed by atoms with Gasteiger partial charge in [0.2, 0.25) is 0 Å². The first-order chi connectivity index (χ1) is 6.22. The molecule has 0 spiro atoms. The number of pyridine rings is 1. The van der Waals surface area contributed by atoms with E-state index in [1.54, 1.807) is 24.0 Å². The molecule has 0 bridgehead atoms. The molecule has 0 aliphatic carbocycles. The fraction of sp³-hybridized carbons (Fsp3) is 0.125. The van der Waals surface area contributed by atoms with E-state index in [4.69, 9.17) is 16.9 Å². The van der Waals surface area contributed by atoms with Gasteiger partial charge in [0.25, 0.3) is 0 Å². The summed E-state index contributed by atoms with van der Waals surface area (Å²) >= 11 is 5.74. The standard InChI is InChI=1S/C8H5ClN4/c1-13-7-2-5(3-10)8(9)12-6(7)4-11-13/h2,4H,1H3. The highest BCUT2D eigenvalue weighted by Crippen LogP contribution is 2.18. The first-order valence-electron chi connectivity index (χ1n) is 3.60. The van der Waals surface area contributed by atoms with Crippen LogP contribution in [0.15, 0.2) is 12.3 Å². The number of hydrogen-bond donors (Lipinski definition) is 0. The minimum absolute atomic E-state index is 0.225. The van der Waals surface area contributed by atoms with Crippen molar-refractivity contribution in [3.63, 3.8) is 0 Å². The Hall–Kier alpha value is -1.60. The van der Waals surface area contributed by atoms with Crippen molar-refractivity contribution in [3.05, 3.63) is 23.0 Å². The lowest BCUT2D eigenvalue weighted by Crippen LogP contribution is -1.90. The van der Waals surface area contributed by atoms with Gasteiger partial charge in [0.1, 0.15) is 16.7 Å². The zero-order chi connectivity index (χ0) is 9.42. The van der Waals surface area contributed by atoms with Crippen LogP contribution in [0, 0.1) is 11.3 Å². The van der Waals surface area contributed by atoms with Gasteiger partial charge in [0.15, 0.2) is 0 Å². The van der Waals surface area contributed by atoms with E-state index in [9.17, 15) is 0 Å². The molecule has 0 N–H and O–H groups in total. The largest absolute Gasteiger partial charge is 0.266 e. The number of nitriles is 1.